The van der Waals surface area contributed by atoms with Gasteiger partial charge in [0.15, 0.2) is 11.7 Å². The summed E-state index contributed by atoms with van der Waals surface area (Å²) in [4.78, 5) is 21.8. The zero-order chi connectivity index (χ0) is 19.8. The number of rotatable bonds is 18. The second-order valence-electron chi connectivity index (χ2n) is 7.32. The first kappa shape index (κ1) is 24.9. The lowest BCUT2D eigenvalue weighted by Gasteiger charge is -2.25. The Bertz CT molecular complexity index is 384. The van der Waals surface area contributed by atoms with Gasteiger partial charge in [0, 0.05) is 0 Å². The van der Waals surface area contributed by atoms with Crippen molar-refractivity contribution in [2.24, 2.45) is 0 Å². The lowest BCUT2D eigenvalue weighted by Crippen LogP contribution is -2.53. The van der Waals surface area contributed by atoms with Gasteiger partial charge in [0.2, 0.25) is 0 Å². The number of carboxylic acid groups (broad SMARTS) is 2. The van der Waals surface area contributed by atoms with E-state index >= 15 is 0 Å². The monoisotopic (exact) mass is 374 g/mol. The van der Waals surface area contributed by atoms with Gasteiger partial charge in [0.1, 0.15) is 0 Å². The van der Waals surface area contributed by atoms with Crippen LogP contribution >= 0.6 is 0 Å². The van der Waals surface area contributed by atoms with E-state index in [2.05, 4.69) is 6.92 Å². The highest BCUT2D eigenvalue weighted by molar-refractivity contribution is 5.87. The second kappa shape index (κ2) is 15.0. The van der Waals surface area contributed by atoms with Gasteiger partial charge in [0.25, 0.3) is 0 Å². The molecule has 0 saturated heterocycles. The van der Waals surface area contributed by atoms with Crippen LogP contribution in [0.15, 0.2) is 0 Å². The maximum absolute atomic E-state index is 11.1. The van der Waals surface area contributed by atoms with Gasteiger partial charge < -0.3 is 20.4 Å². The van der Waals surface area contributed by atoms with E-state index in [0.717, 1.165) is 25.7 Å². The third kappa shape index (κ3) is 10.8. The van der Waals surface area contributed by atoms with Crippen LogP contribution in [-0.2, 0) is 9.59 Å². The summed E-state index contributed by atoms with van der Waals surface area (Å²) in [5, 5.41) is 37.0. The predicted octanol–water partition coefficient (Wildman–Crippen LogP) is 4.12. The summed E-state index contributed by atoms with van der Waals surface area (Å²) in [6.45, 7) is 2.23. The molecule has 0 aliphatic carbocycles. The van der Waals surface area contributed by atoms with Crippen LogP contribution in [0.3, 0.4) is 0 Å². The maximum atomic E-state index is 11.1. The number of hydrogen-bond donors (Lipinski definition) is 4. The molecule has 26 heavy (non-hydrogen) atoms. The quantitative estimate of drug-likeness (QED) is 0.268. The Hall–Kier alpha value is -1.14. The van der Waals surface area contributed by atoms with Crippen LogP contribution in [0.2, 0.25) is 0 Å². The Morgan fingerprint density at radius 3 is 1.38 bits per heavy atom. The second-order valence-corrected chi connectivity index (χ2v) is 7.32. The number of aliphatic hydroxyl groups is 2. The van der Waals surface area contributed by atoms with Crippen LogP contribution < -0.4 is 0 Å². The minimum absolute atomic E-state index is 0.256. The summed E-state index contributed by atoms with van der Waals surface area (Å²) in [5.74, 6) is -3.41. The first-order valence-corrected chi connectivity index (χ1v) is 10.2. The first-order chi connectivity index (χ1) is 12.4. The number of unbranched alkanes of at least 4 members (excludes halogenated alkanes) is 13. The molecule has 0 aromatic heterocycles. The van der Waals surface area contributed by atoms with Gasteiger partial charge in [-0.25, -0.2) is 9.59 Å². The molecule has 0 aromatic rings. The molecule has 0 bridgehead atoms. The molecule has 0 heterocycles. The molecular formula is C20H38O6. The fourth-order valence-electron chi connectivity index (χ4n) is 3.15. The molecule has 6 nitrogen and oxygen atoms in total. The predicted molar refractivity (Wildman–Crippen MR) is 101 cm³/mol. The van der Waals surface area contributed by atoms with Crippen molar-refractivity contribution in [3.8, 4) is 0 Å². The van der Waals surface area contributed by atoms with Crippen molar-refractivity contribution in [1.29, 1.82) is 0 Å². The van der Waals surface area contributed by atoms with Crippen molar-refractivity contribution in [3.63, 3.8) is 0 Å². The standard InChI is InChI=1S/C20H38O6/c1-2-3-4-5-6-7-8-9-10-11-12-13-14-15-16-20(26,19(24)25)17(21)18(22)23/h17,21,26H,2-16H2,1H3,(H,22,23)(H,24,25). The Labute approximate surface area is 157 Å². The minimum atomic E-state index is -2.61. The van der Waals surface area contributed by atoms with Gasteiger partial charge in [0.05, 0.1) is 0 Å². The fourth-order valence-corrected chi connectivity index (χ4v) is 3.15. The average molecular weight is 375 g/mol. The number of hydrogen-bond acceptors (Lipinski definition) is 4. The molecular weight excluding hydrogens is 336 g/mol. The number of carboxylic acids is 2. The molecule has 6 heteroatoms. The third-order valence-electron chi connectivity index (χ3n) is 4.97. The summed E-state index contributed by atoms with van der Waals surface area (Å²) >= 11 is 0. The molecule has 0 amide bonds. The van der Waals surface area contributed by atoms with E-state index in [0.29, 0.717) is 6.42 Å². The van der Waals surface area contributed by atoms with Crippen molar-refractivity contribution in [3.05, 3.63) is 0 Å². The van der Waals surface area contributed by atoms with E-state index in [1.54, 1.807) is 0 Å². The molecule has 0 spiro atoms. The van der Waals surface area contributed by atoms with Crippen LogP contribution in [0.1, 0.15) is 103 Å². The van der Waals surface area contributed by atoms with Crippen LogP contribution in [0, 0.1) is 0 Å². The summed E-state index contributed by atoms with van der Waals surface area (Å²) < 4.78 is 0. The molecule has 0 rings (SSSR count). The average Bonchev–Trinajstić information content (AvgIpc) is 2.60. The fraction of sp³-hybridized carbons (Fsp3) is 0.900. The Balaban J connectivity index is 3.60. The van der Waals surface area contributed by atoms with E-state index in [1.807, 2.05) is 0 Å². The number of aliphatic carboxylic acids is 2. The van der Waals surface area contributed by atoms with Crippen molar-refractivity contribution < 1.29 is 30.0 Å². The molecule has 0 fully saturated rings. The number of carbonyl (C=O) groups is 2. The first-order valence-electron chi connectivity index (χ1n) is 10.2. The summed E-state index contributed by atoms with van der Waals surface area (Å²) in [7, 11) is 0. The highest BCUT2D eigenvalue weighted by Crippen LogP contribution is 2.21. The maximum Gasteiger partial charge on any atom is 0.339 e. The number of aliphatic hydroxyl groups excluding tert-OH is 1. The van der Waals surface area contributed by atoms with Crippen molar-refractivity contribution >= 4 is 11.9 Å². The van der Waals surface area contributed by atoms with Gasteiger partial charge in [-0.2, -0.15) is 0 Å². The summed E-state index contributed by atoms with van der Waals surface area (Å²) in [5.41, 5.74) is -2.61. The van der Waals surface area contributed by atoms with Crippen LogP contribution in [0.4, 0.5) is 0 Å². The summed E-state index contributed by atoms with van der Waals surface area (Å²) in [6, 6.07) is 0. The van der Waals surface area contributed by atoms with Gasteiger partial charge in [-0.05, 0) is 12.8 Å². The van der Waals surface area contributed by atoms with Crippen molar-refractivity contribution in [2.75, 3.05) is 0 Å². The molecule has 0 aliphatic heterocycles. The zero-order valence-corrected chi connectivity index (χ0v) is 16.3. The SMILES string of the molecule is CCCCCCCCCCCCCCCCC(O)(C(=O)O)C(O)C(=O)O. The molecule has 0 aliphatic rings. The molecule has 4 N–H and O–H groups in total. The Morgan fingerprint density at radius 1 is 0.731 bits per heavy atom. The van der Waals surface area contributed by atoms with E-state index in [-0.39, 0.29) is 6.42 Å². The largest absolute Gasteiger partial charge is 0.479 e. The van der Waals surface area contributed by atoms with E-state index in [1.165, 1.54) is 57.8 Å². The minimum Gasteiger partial charge on any atom is -0.479 e. The van der Waals surface area contributed by atoms with Crippen molar-refractivity contribution in [1.82, 2.24) is 0 Å². The topological polar surface area (TPSA) is 115 Å². The highest BCUT2D eigenvalue weighted by Gasteiger charge is 2.47. The molecule has 2 atom stereocenters. The molecule has 0 aromatic carbocycles. The van der Waals surface area contributed by atoms with Gasteiger partial charge >= 0.3 is 11.9 Å². The van der Waals surface area contributed by atoms with E-state index in [9.17, 15) is 19.8 Å². The van der Waals surface area contributed by atoms with E-state index < -0.39 is 23.6 Å². The molecule has 0 radical (unpaired) electrons. The van der Waals surface area contributed by atoms with Crippen molar-refractivity contribution in [2.45, 2.75) is 115 Å². The lowest BCUT2D eigenvalue weighted by molar-refractivity contribution is -0.184. The van der Waals surface area contributed by atoms with Gasteiger partial charge in [-0.15, -0.1) is 0 Å². The van der Waals surface area contributed by atoms with Crippen LogP contribution in [-0.4, -0.2) is 44.1 Å². The van der Waals surface area contributed by atoms with Crippen LogP contribution in [0.5, 0.6) is 0 Å². The lowest BCUT2D eigenvalue weighted by atomic mass is 9.90. The van der Waals surface area contributed by atoms with Gasteiger partial charge in [-0.3, -0.25) is 0 Å². The Morgan fingerprint density at radius 2 is 1.08 bits per heavy atom. The molecule has 154 valence electrons. The smallest absolute Gasteiger partial charge is 0.339 e. The van der Waals surface area contributed by atoms with Gasteiger partial charge in [-0.1, -0.05) is 90.4 Å². The normalized spacial score (nSPS) is 14.7. The summed E-state index contributed by atoms with van der Waals surface area (Å²) in [6.07, 6.45) is 13.5. The highest BCUT2D eigenvalue weighted by atomic mass is 16.4. The molecule has 2 unspecified atom stereocenters. The molecule has 0 saturated carbocycles. The third-order valence-corrected chi connectivity index (χ3v) is 4.97. The van der Waals surface area contributed by atoms with Crippen LogP contribution in [0.25, 0.3) is 0 Å². The zero-order valence-electron chi connectivity index (χ0n) is 16.3. The van der Waals surface area contributed by atoms with E-state index in [4.69, 9.17) is 10.2 Å². The Kier molecular flexibility index (Phi) is 14.3.